The van der Waals surface area contributed by atoms with Gasteiger partial charge in [-0.3, -0.25) is 4.79 Å². The van der Waals surface area contributed by atoms with Gasteiger partial charge in [-0.1, -0.05) is 18.2 Å². The summed E-state index contributed by atoms with van der Waals surface area (Å²) in [7, 11) is 0. The van der Waals surface area contributed by atoms with Gasteiger partial charge in [0.15, 0.2) is 0 Å². The number of benzene rings is 1. The predicted octanol–water partition coefficient (Wildman–Crippen LogP) is 1.24. The second-order valence-corrected chi connectivity index (χ2v) is 6.41. The fraction of sp³-hybridized carbons (Fsp3) is 0.588. The molecule has 4 atom stereocenters. The number of para-hydroxylation sites is 1. The number of aliphatic hydroxyl groups is 2. The first-order valence-electron chi connectivity index (χ1n) is 7.96. The molecular weight excluding hydrogens is 282 g/mol. The van der Waals surface area contributed by atoms with Crippen LogP contribution in [0.2, 0.25) is 0 Å². The highest BCUT2D eigenvalue weighted by molar-refractivity contribution is 5.77. The molecular formula is C17H23NO4. The van der Waals surface area contributed by atoms with Gasteiger partial charge in [-0.25, -0.2) is 0 Å². The molecule has 2 aliphatic rings. The number of carbonyl (C=O) groups is 1. The maximum atomic E-state index is 12.1. The van der Waals surface area contributed by atoms with Crippen LogP contribution in [0.25, 0.3) is 0 Å². The molecule has 3 rings (SSSR count). The lowest BCUT2D eigenvalue weighted by Gasteiger charge is -2.34. The summed E-state index contributed by atoms with van der Waals surface area (Å²) in [5.74, 6) is 0.844. The minimum Gasteiger partial charge on any atom is -0.494 e. The lowest BCUT2D eigenvalue weighted by atomic mass is 9.88. The second kappa shape index (κ2) is 6.26. The Morgan fingerprint density at radius 1 is 1.32 bits per heavy atom. The average molecular weight is 305 g/mol. The number of carbonyl (C=O) groups excluding carboxylic acids is 1. The van der Waals surface area contributed by atoms with E-state index in [4.69, 9.17) is 4.74 Å². The van der Waals surface area contributed by atoms with Gasteiger partial charge in [-0.2, -0.15) is 0 Å². The van der Waals surface area contributed by atoms with E-state index in [0.29, 0.717) is 25.9 Å². The third-order valence-electron chi connectivity index (χ3n) is 4.91. The van der Waals surface area contributed by atoms with Crippen molar-refractivity contribution >= 4 is 5.91 Å². The van der Waals surface area contributed by atoms with Crippen LogP contribution in [0.3, 0.4) is 0 Å². The van der Waals surface area contributed by atoms with Crippen molar-refractivity contribution in [2.24, 2.45) is 5.92 Å². The fourth-order valence-electron chi connectivity index (χ4n) is 3.73. The number of amides is 1. The smallest absolute Gasteiger partial charge is 0.220 e. The van der Waals surface area contributed by atoms with Crippen LogP contribution < -0.4 is 10.1 Å². The Kier molecular flexibility index (Phi) is 4.36. The second-order valence-electron chi connectivity index (χ2n) is 6.41. The molecule has 0 spiro atoms. The molecule has 1 aromatic rings. The first-order valence-corrected chi connectivity index (χ1v) is 7.96. The van der Waals surface area contributed by atoms with Crippen molar-refractivity contribution in [2.75, 3.05) is 6.61 Å². The molecule has 22 heavy (non-hydrogen) atoms. The largest absolute Gasteiger partial charge is 0.494 e. The molecule has 0 aliphatic heterocycles. The Bertz CT molecular complexity index is 521. The van der Waals surface area contributed by atoms with Crippen molar-refractivity contribution < 1.29 is 19.7 Å². The SMILES string of the molecule is O=C(CCCOc1ccccc1)NC12CCC(C1)[C@H](O)[C@@H]2O. The summed E-state index contributed by atoms with van der Waals surface area (Å²) in [6.07, 6.45) is 1.76. The molecule has 3 N–H and O–H groups in total. The van der Waals surface area contributed by atoms with E-state index in [1.54, 1.807) is 0 Å². The lowest BCUT2D eigenvalue weighted by molar-refractivity contribution is -0.125. The number of aliphatic hydroxyl groups excluding tert-OH is 2. The highest BCUT2D eigenvalue weighted by Crippen LogP contribution is 2.47. The summed E-state index contributed by atoms with van der Waals surface area (Å²) in [6.45, 7) is 0.484. The Balaban J connectivity index is 1.42. The molecule has 0 radical (unpaired) electrons. The minimum atomic E-state index is -0.837. The van der Waals surface area contributed by atoms with Crippen LogP contribution in [0.15, 0.2) is 30.3 Å². The van der Waals surface area contributed by atoms with Crippen molar-refractivity contribution in [3.8, 4) is 5.75 Å². The third-order valence-corrected chi connectivity index (χ3v) is 4.91. The molecule has 0 heterocycles. The lowest BCUT2D eigenvalue weighted by Crippen LogP contribution is -2.56. The third kappa shape index (κ3) is 2.96. The maximum Gasteiger partial charge on any atom is 0.220 e. The van der Waals surface area contributed by atoms with E-state index < -0.39 is 17.7 Å². The minimum absolute atomic E-state index is 0.0783. The average Bonchev–Trinajstić information content (AvgIpc) is 3.04. The number of nitrogens with one attached hydrogen (secondary N) is 1. The van der Waals surface area contributed by atoms with Crippen LogP contribution >= 0.6 is 0 Å². The Labute approximate surface area is 130 Å². The standard InChI is InChI=1S/C17H23NO4/c19-14(7-4-10-22-13-5-2-1-3-6-13)18-17-9-8-12(11-17)15(20)16(17)21/h1-3,5-6,12,15-16,20-21H,4,7-11H2,(H,18,19)/t12?,15-,16-,17?/m0/s1. The predicted molar refractivity (Wildman–Crippen MR) is 81.4 cm³/mol. The summed E-state index contributed by atoms with van der Waals surface area (Å²) in [4.78, 5) is 12.1. The van der Waals surface area contributed by atoms with E-state index in [-0.39, 0.29) is 11.8 Å². The fourth-order valence-corrected chi connectivity index (χ4v) is 3.73. The van der Waals surface area contributed by atoms with Gasteiger partial charge in [0.1, 0.15) is 11.9 Å². The summed E-state index contributed by atoms with van der Waals surface area (Å²) in [5, 5.41) is 23.0. The van der Waals surface area contributed by atoms with Gasteiger partial charge in [-0.05, 0) is 43.7 Å². The van der Waals surface area contributed by atoms with E-state index in [9.17, 15) is 15.0 Å². The summed E-state index contributed by atoms with van der Waals surface area (Å²) < 4.78 is 5.55. The van der Waals surface area contributed by atoms with Crippen LogP contribution in [-0.4, -0.2) is 40.5 Å². The zero-order chi connectivity index (χ0) is 15.6. The molecule has 5 nitrogen and oxygen atoms in total. The van der Waals surface area contributed by atoms with Gasteiger partial charge in [-0.15, -0.1) is 0 Å². The van der Waals surface area contributed by atoms with E-state index >= 15 is 0 Å². The van der Waals surface area contributed by atoms with Crippen LogP contribution in [0.4, 0.5) is 0 Å². The summed E-state index contributed by atoms with van der Waals surface area (Å²) in [5.41, 5.74) is -0.610. The summed E-state index contributed by atoms with van der Waals surface area (Å²) in [6, 6.07) is 9.51. The van der Waals surface area contributed by atoms with Crippen LogP contribution in [0, 0.1) is 5.92 Å². The van der Waals surface area contributed by atoms with E-state index in [2.05, 4.69) is 5.32 Å². The van der Waals surface area contributed by atoms with Gasteiger partial charge in [0.25, 0.3) is 0 Å². The van der Waals surface area contributed by atoms with E-state index in [0.717, 1.165) is 18.6 Å². The first kappa shape index (κ1) is 15.3. The van der Waals surface area contributed by atoms with Crippen molar-refractivity contribution in [3.63, 3.8) is 0 Å². The van der Waals surface area contributed by atoms with Gasteiger partial charge >= 0.3 is 0 Å². The molecule has 120 valence electrons. The molecule has 0 saturated heterocycles. The van der Waals surface area contributed by atoms with Gasteiger partial charge in [0.2, 0.25) is 5.91 Å². The van der Waals surface area contributed by atoms with Crippen molar-refractivity contribution in [2.45, 2.75) is 49.9 Å². The van der Waals surface area contributed by atoms with Crippen molar-refractivity contribution in [3.05, 3.63) is 30.3 Å². The maximum absolute atomic E-state index is 12.1. The van der Waals surface area contributed by atoms with E-state index in [1.165, 1.54) is 0 Å². The van der Waals surface area contributed by atoms with Crippen LogP contribution in [0.1, 0.15) is 32.1 Å². The molecule has 2 bridgehead atoms. The number of fused-ring (bicyclic) bond motifs is 2. The number of hydrogen-bond acceptors (Lipinski definition) is 4. The topological polar surface area (TPSA) is 78.8 Å². The number of rotatable bonds is 6. The monoisotopic (exact) mass is 305 g/mol. The molecule has 1 amide bonds. The van der Waals surface area contributed by atoms with E-state index in [1.807, 2.05) is 30.3 Å². The highest BCUT2D eigenvalue weighted by Gasteiger charge is 2.57. The normalized spacial score (nSPS) is 32.9. The van der Waals surface area contributed by atoms with Gasteiger partial charge < -0.3 is 20.3 Å². The van der Waals surface area contributed by atoms with Gasteiger partial charge in [0, 0.05) is 6.42 Å². The number of hydrogen-bond donors (Lipinski definition) is 3. The molecule has 2 fully saturated rings. The van der Waals surface area contributed by atoms with Crippen LogP contribution in [-0.2, 0) is 4.79 Å². The summed E-state index contributed by atoms with van der Waals surface area (Å²) >= 11 is 0. The zero-order valence-electron chi connectivity index (χ0n) is 12.6. The molecule has 1 aromatic carbocycles. The molecule has 0 aromatic heterocycles. The first-order chi connectivity index (χ1) is 10.6. The molecule has 2 unspecified atom stereocenters. The zero-order valence-corrected chi connectivity index (χ0v) is 12.6. The van der Waals surface area contributed by atoms with Crippen LogP contribution in [0.5, 0.6) is 5.75 Å². The van der Waals surface area contributed by atoms with Gasteiger partial charge in [0.05, 0.1) is 18.2 Å². The Morgan fingerprint density at radius 2 is 2.09 bits per heavy atom. The van der Waals surface area contributed by atoms with Crippen molar-refractivity contribution in [1.82, 2.24) is 5.32 Å². The van der Waals surface area contributed by atoms with Crippen molar-refractivity contribution in [1.29, 1.82) is 0 Å². The number of ether oxygens (including phenoxy) is 1. The molecule has 2 saturated carbocycles. The quantitative estimate of drug-likeness (QED) is 0.691. The Morgan fingerprint density at radius 3 is 2.77 bits per heavy atom. The highest BCUT2D eigenvalue weighted by atomic mass is 16.5. The molecule has 2 aliphatic carbocycles. The Hall–Kier alpha value is -1.59. The molecule has 5 heteroatoms.